The number of rotatable bonds is 6. The summed E-state index contributed by atoms with van der Waals surface area (Å²) in [5, 5.41) is 0. The summed E-state index contributed by atoms with van der Waals surface area (Å²) in [6.45, 7) is 5.11. The first kappa shape index (κ1) is 17.2. The Morgan fingerprint density at radius 3 is 2.59 bits per heavy atom. The highest BCUT2D eigenvalue weighted by Gasteiger charge is 2.29. The first-order chi connectivity index (χ1) is 10.4. The Morgan fingerprint density at radius 2 is 2.00 bits per heavy atom. The fraction of sp³-hybridized carbons (Fsp3) is 0.600. The summed E-state index contributed by atoms with van der Waals surface area (Å²) in [5.74, 6) is -0.0802. The molecule has 0 unspecified atom stereocenters. The van der Waals surface area contributed by atoms with E-state index >= 15 is 0 Å². The lowest BCUT2D eigenvalue weighted by molar-refractivity contribution is -0.257. The maximum atomic E-state index is 12.4. The molecule has 0 bridgehead atoms. The molecule has 0 aliphatic carbocycles. The molecule has 0 atom stereocenters. The van der Waals surface area contributed by atoms with Crippen molar-refractivity contribution in [1.29, 1.82) is 0 Å². The van der Waals surface area contributed by atoms with Crippen molar-refractivity contribution in [3.63, 3.8) is 0 Å². The number of ether oxygens (including phenoxy) is 3. The minimum absolute atomic E-state index is 0.254. The van der Waals surface area contributed by atoms with Gasteiger partial charge in [-0.15, -0.1) is 0 Å². The van der Waals surface area contributed by atoms with Crippen molar-refractivity contribution in [3.8, 4) is 5.75 Å². The molecule has 1 aromatic rings. The van der Waals surface area contributed by atoms with Gasteiger partial charge in [-0.05, 0) is 44.0 Å². The van der Waals surface area contributed by atoms with Gasteiger partial charge in [0.25, 0.3) is 0 Å². The van der Waals surface area contributed by atoms with Gasteiger partial charge in [-0.3, -0.25) is 0 Å². The summed E-state index contributed by atoms with van der Waals surface area (Å²) in [5.41, 5.74) is 0.642. The SMILES string of the molecule is COc1ccc(S(=O)(=O)NCCC2(C)OCCCO2)c(C)c1. The van der Waals surface area contributed by atoms with Crippen molar-refractivity contribution in [2.75, 3.05) is 26.9 Å². The van der Waals surface area contributed by atoms with Crippen LogP contribution in [0.2, 0.25) is 0 Å². The van der Waals surface area contributed by atoms with Gasteiger partial charge in [0.2, 0.25) is 10.0 Å². The van der Waals surface area contributed by atoms with Crippen LogP contribution in [0, 0.1) is 6.92 Å². The molecule has 1 aliphatic heterocycles. The molecule has 1 aromatic carbocycles. The number of hydrogen-bond acceptors (Lipinski definition) is 5. The number of benzene rings is 1. The van der Waals surface area contributed by atoms with Gasteiger partial charge in [0.1, 0.15) is 5.75 Å². The summed E-state index contributed by atoms with van der Waals surface area (Å²) in [6.07, 6.45) is 1.33. The molecule has 22 heavy (non-hydrogen) atoms. The van der Waals surface area contributed by atoms with Crippen molar-refractivity contribution in [1.82, 2.24) is 4.72 Å². The molecule has 1 heterocycles. The molecule has 1 saturated heterocycles. The Labute approximate surface area is 131 Å². The molecule has 1 N–H and O–H groups in total. The lowest BCUT2D eigenvalue weighted by Crippen LogP contribution is -2.41. The van der Waals surface area contributed by atoms with Crippen LogP contribution in [0.4, 0.5) is 0 Å². The van der Waals surface area contributed by atoms with E-state index in [0.29, 0.717) is 30.9 Å². The number of methoxy groups -OCH3 is 1. The number of sulfonamides is 1. The van der Waals surface area contributed by atoms with Gasteiger partial charge < -0.3 is 14.2 Å². The second-order valence-corrected chi connectivity index (χ2v) is 7.20. The average molecular weight is 329 g/mol. The van der Waals surface area contributed by atoms with Crippen LogP contribution >= 0.6 is 0 Å². The molecule has 2 rings (SSSR count). The molecule has 7 heteroatoms. The molecule has 0 amide bonds. The van der Waals surface area contributed by atoms with Gasteiger partial charge in [-0.1, -0.05) is 0 Å². The molecule has 0 spiro atoms. The van der Waals surface area contributed by atoms with Crippen LogP contribution in [0.5, 0.6) is 5.75 Å². The van der Waals surface area contributed by atoms with E-state index in [-0.39, 0.29) is 11.4 Å². The quantitative estimate of drug-likeness (QED) is 0.862. The average Bonchev–Trinajstić information content (AvgIpc) is 2.47. The lowest BCUT2D eigenvalue weighted by atomic mass is 10.2. The first-order valence-corrected chi connectivity index (χ1v) is 8.77. The predicted octanol–water partition coefficient (Wildman–Crippen LogP) is 1.83. The van der Waals surface area contributed by atoms with Crippen LogP contribution in [0.15, 0.2) is 23.1 Å². The summed E-state index contributed by atoms with van der Waals surface area (Å²) in [7, 11) is -2.01. The first-order valence-electron chi connectivity index (χ1n) is 7.28. The van der Waals surface area contributed by atoms with Gasteiger partial charge in [0.15, 0.2) is 5.79 Å². The molecular formula is C15H23NO5S. The molecule has 6 nitrogen and oxygen atoms in total. The zero-order valence-electron chi connectivity index (χ0n) is 13.2. The highest BCUT2D eigenvalue weighted by Crippen LogP contribution is 2.23. The third-order valence-electron chi connectivity index (χ3n) is 3.65. The van der Waals surface area contributed by atoms with Crippen molar-refractivity contribution in [2.24, 2.45) is 0 Å². The van der Waals surface area contributed by atoms with Gasteiger partial charge in [0.05, 0.1) is 25.2 Å². The van der Waals surface area contributed by atoms with E-state index in [9.17, 15) is 8.42 Å². The fourth-order valence-corrected chi connectivity index (χ4v) is 3.62. The Morgan fingerprint density at radius 1 is 1.32 bits per heavy atom. The highest BCUT2D eigenvalue weighted by molar-refractivity contribution is 7.89. The summed E-state index contributed by atoms with van der Waals surface area (Å²) in [4.78, 5) is 0.254. The monoisotopic (exact) mass is 329 g/mol. The Bertz CT molecular complexity index is 608. The van der Waals surface area contributed by atoms with Gasteiger partial charge >= 0.3 is 0 Å². The Balaban J connectivity index is 1.99. The van der Waals surface area contributed by atoms with Crippen LogP contribution in [0.1, 0.15) is 25.3 Å². The molecule has 0 aromatic heterocycles. The van der Waals surface area contributed by atoms with E-state index in [4.69, 9.17) is 14.2 Å². The number of aryl methyl sites for hydroxylation is 1. The second kappa shape index (κ2) is 6.95. The third kappa shape index (κ3) is 4.19. The van der Waals surface area contributed by atoms with Gasteiger partial charge in [-0.2, -0.15) is 0 Å². The Hall–Kier alpha value is -1.15. The summed E-state index contributed by atoms with van der Waals surface area (Å²) < 4.78 is 43.5. The smallest absolute Gasteiger partial charge is 0.240 e. The van der Waals surface area contributed by atoms with Gasteiger partial charge in [-0.25, -0.2) is 13.1 Å². The topological polar surface area (TPSA) is 73.9 Å². The maximum Gasteiger partial charge on any atom is 0.240 e. The minimum atomic E-state index is -3.56. The van der Waals surface area contributed by atoms with E-state index in [1.54, 1.807) is 32.2 Å². The zero-order valence-corrected chi connectivity index (χ0v) is 14.0. The normalized spacial score (nSPS) is 18.1. The van der Waals surface area contributed by atoms with Crippen molar-refractivity contribution in [2.45, 2.75) is 37.4 Å². The van der Waals surface area contributed by atoms with Crippen LogP contribution in [-0.2, 0) is 19.5 Å². The second-order valence-electron chi connectivity index (χ2n) is 5.46. The van der Waals surface area contributed by atoms with E-state index in [2.05, 4.69) is 4.72 Å². The number of hydrogen-bond donors (Lipinski definition) is 1. The molecule has 1 fully saturated rings. The zero-order chi connectivity index (χ0) is 16.2. The summed E-state index contributed by atoms with van der Waals surface area (Å²) in [6, 6.07) is 4.88. The van der Waals surface area contributed by atoms with Gasteiger partial charge in [0, 0.05) is 13.0 Å². The fourth-order valence-electron chi connectivity index (χ4n) is 2.36. The van der Waals surface area contributed by atoms with E-state index < -0.39 is 15.8 Å². The predicted molar refractivity (Wildman–Crippen MR) is 82.5 cm³/mol. The van der Waals surface area contributed by atoms with Crippen LogP contribution in [0.25, 0.3) is 0 Å². The maximum absolute atomic E-state index is 12.4. The lowest BCUT2D eigenvalue weighted by Gasteiger charge is -2.33. The third-order valence-corrected chi connectivity index (χ3v) is 5.27. The largest absolute Gasteiger partial charge is 0.497 e. The molecule has 0 saturated carbocycles. The highest BCUT2D eigenvalue weighted by atomic mass is 32.2. The Kier molecular flexibility index (Phi) is 5.44. The van der Waals surface area contributed by atoms with Crippen molar-refractivity contribution < 1.29 is 22.6 Å². The minimum Gasteiger partial charge on any atom is -0.497 e. The van der Waals surface area contributed by atoms with Crippen molar-refractivity contribution in [3.05, 3.63) is 23.8 Å². The molecule has 0 radical (unpaired) electrons. The van der Waals surface area contributed by atoms with Crippen LogP contribution < -0.4 is 9.46 Å². The van der Waals surface area contributed by atoms with E-state index in [0.717, 1.165) is 6.42 Å². The van der Waals surface area contributed by atoms with E-state index in [1.165, 1.54) is 0 Å². The standard InChI is InChI=1S/C15H23NO5S/c1-12-11-13(19-3)5-6-14(12)22(17,18)16-8-7-15(2)20-9-4-10-21-15/h5-6,11,16H,4,7-10H2,1-3H3. The van der Waals surface area contributed by atoms with Crippen LogP contribution in [-0.4, -0.2) is 41.1 Å². The van der Waals surface area contributed by atoms with Crippen molar-refractivity contribution >= 4 is 10.0 Å². The molecule has 124 valence electrons. The van der Waals surface area contributed by atoms with E-state index in [1.807, 2.05) is 6.92 Å². The van der Waals surface area contributed by atoms with Crippen LogP contribution in [0.3, 0.4) is 0 Å². The number of nitrogens with one attached hydrogen (secondary N) is 1. The molecular weight excluding hydrogens is 306 g/mol. The molecule has 1 aliphatic rings. The summed E-state index contributed by atoms with van der Waals surface area (Å²) >= 11 is 0.